The highest BCUT2D eigenvalue weighted by atomic mass is 35.5. The van der Waals surface area contributed by atoms with Crippen LogP contribution in [0.5, 0.6) is 5.75 Å². The number of nitriles is 1. The molecule has 1 aliphatic carbocycles. The highest BCUT2D eigenvalue weighted by molar-refractivity contribution is 6.31. The zero-order chi connectivity index (χ0) is 23.9. The van der Waals surface area contributed by atoms with Gasteiger partial charge in [-0.05, 0) is 62.9 Å². The van der Waals surface area contributed by atoms with Crippen LogP contribution in [0.4, 0.5) is 5.82 Å². The molecule has 0 radical (unpaired) electrons. The van der Waals surface area contributed by atoms with E-state index < -0.39 is 0 Å². The smallest absolute Gasteiger partial charge is 0.272 e. The summed E-state index contributed by atoms with van der Waals surface area (Å²) in [5.74, 6) is 1.31. The van der Waals surface area contributed by atoms with Gasteiger partial charge in [-0.2, -0.15) is 5.26 Å². The molecule has 1 aromatic carbocycles. The van der Waals surface area contributed by atoms with E-state index in [1.54, 1.807) is 24.3 Å². The van der Waals surface area contributed by atoms with Crippen LogP contribution in [0.3, 0.4) is 0 Å². The highest BCUT2D eigenvalue weighted by Gasteiger charge is 2.25. The van der Waals surface area contributed by atoms with Crippen molar-refractivity contribution in [3.63, 3.8) is 0 Å². The van der Waals surface area contributed by atoms with Crippen molar-refractivity contribution in [2.75, 3.05) is 37.6 Å². The monoisotopic (exact) mass is 482 g/mol. The van der Waals surface area contributed by atoms with Gasteiger partial charge >= 0.3 is 0 Å². The highest BCUT2D eigenvalue weighted by Crippen LogP contribution is 2.27. The maximum Gasteiger partial charge on any atom is 0.272 e. The predicted molar refractivity (Wildman–Crippen MR) is 131 cm³/mol. The van der Waals surface area contributed by atoms with Gasteiger partial charge in [0.05, 0.1) is 16.7 Å². The molecule has 0 bridgehead atoms. The normalized spacial score (nSPS) is 21.0. The van der Waals surface area contributed by atoms with Crippen molar-refractivity contribution in [3.8, 4) is 11.8 Å². The summed E-state index contributed by atoms with van der Waals surface area (Å²) in [5, 5.41) is 21.0. The molecule has 0 atom stereocenters. The third kappa shape index (κ3) is 6.16. The number of nitrogens with one attached hydrogen (secondary N) is 1. The van der Waals surface area contributed by atoms with E-state index in [0.29, 0.717) is 22.0 Å². The summed E-state index contributed by atoms with van der Waals surface area (Å²) in [4.78, 5) is 17.4. The van der Waals surface area contributed by atoms with Gasteiger partial charge in [0.15, 0.2) is 11.5 Å². The van der Waals surface area contributed by atoms with Crippen molar-refractivity contribution in [2.45, 2.75) is 51.2 Å². The van der Waals surface area contributed by atoms with Gasteiger partial charge in [0.1, 0.15) is 11.8 Å². The molecule has 8 nitrogen and oxygen atoms in total. The minimum Gasteiger partial charge on any atom is -0.490 e. The van der Waals surface area contributed by atoms with Gasteiger partial charge in [0.2, 0.25) is 0 Å². The average Bonchev–Trinajstić information content (AvgIpc) is 2.86. The Labute approximate surface area is 205 Å². The molecule has 1 saturated carbocycles. The Hall–Kier alpha value is -2.89. The number of carbonyl (C=O) groups excluding carboxylic acids is 1. The maximum absolute atomic E-state index is 12.7. The lowest BCUT2D eigenvalue weighted by Crippen LogP contribution is -2.47. The van der Waals surface area contributed by atoms with Crippen LogP contribution in [-0.4, -0.2) is 65.9 Å². The Morgan fingerprint density at radius 3 is 2.53 bits per heavy atom. The lowest BCUT2D eigenvalue weighted by molar-refractivity contribution is 0.0888. The number of hydrogen-bond acceptors (Lipinski definition) is 7. The maximum atomic E-state index is 12.7. The molecule has 2 heterocycles. The summed E-state index contributed by atoms with van der Waals surface area (Å²) in [6.07, 6.45) is 4.55. The summed E-state index contributed by atoms with van der Waals surface area (Å²) in [6, 6.07) is 10.9. The summed E-state index contributed by atoms with van der Waals surface area (Å²) in [7, 11) is 0. The van der Waals surface area contributed by atoms with Crippen molar-refractivity contribution in [3.05, 3.63) is 46.6 Å². The first-order valence-corrected chi connectivity index (χ1v) is 12.4. The molecule has 2 aromatic rings. The Morgan fingerprint density at radius 2 is 1.91 bits per heavy atom. The van der Waals surface area contributed by atoms with E-state index in [0.717, 1.165) is 64.2 Å². The van der Waals surface area contributed by atoms with E-state index in [9.17, 15) is 4.79 Å². The first-order chi connectivity index (χ1) is 16.6. The zero-order valence-electron chi connectivity index (χ0n) is 19.5. The molecule has 1 aromatic heterocycles. The molecule has 34 heavy (non-hydrogen) atoms. The molecule has 180 valence electrons. The molecule has 9 heteroatoms. The van der Waals surface area contributed by atoms with E-state index >= 15 is 0 Å². The molecule has 0 spiro atoms. The molecular formula is C25H31ClN6O2. The topological polar surface area (TPSA) is 94.4 Å². The Morgan fingerprint density at radius 1 is 1.15 bits per heavy atom. The average molecular weight is 483 g/mol. The van der Waals surface area contributed by atoms with Crippen LogP contribution in [0.25, 0.3) is 0 Å². The van der Waals surface area contributed by atoms with Gasteiger partial charge in [-0.15, -0.1) is 10.2 Å². The fourth-order valence-corrected chi connectivity index (χ4v) is 4.78. The first kappa shape index (κ1) is 24.2. The fourth-order valence-electron chi connectivity index (χ4n) is 4.57. The lowest BCUT2D eigenvalue weighted by atomic mass is 9.93. The largest absolute Gasteiger partial charge is 0.490 e. The number of aromatic nitrogens is 2. The van der Waals surface area contributed by atoms with Crippen molar-refractivity contribution in [1.82, 2.24) is 20.4 Å². The predicted octanol–water partition coefficient (Wildman–Crippen LogP) is 3.65. The van der Waals surface area contributed by atoms with E-state index in [-0.39, 0.29) is 18.1 Å². The van der Waals surface area contributed by atoms with Crippen LogP contribution < -0.4 is 15.0 Å². The van der Waals surface area contributed by atoms with Crippen molar-refractivity contribution in [1.29, 1.82) is 5.26 Å². The van der Waals surface area contributed by atoms with Crippen LogP contribution in [-0.2, 0) is 0 Å². The van der Waals surface area contributed by atoms with Crippen LogP contribution in [0.1, 0.15) is 55.1 Å². The van der Waals surface area contributed by atoms with E-state index in [1.807, 2.05) is 12.1 Å². The van der Waals surface area contributed by atoms with E-state index in [1.165, 1.54) is 6.42 Å². The van der Waals surface area contributed by atoms with E-state index in [2.05, 4.69) is 32.2 Å². The zero-order valence-corrected chi connectivity index (χ0v) is 20.3. The summed E-state index contributed by atoms with van der Waals surface area (Å²) >= 11 is 6.09. The number of amides is 1. The van der Waals surface area contributed by atoms with Gasteiger partial charge in [0.25, 0.3) is 5.91 Å². The Balaban J connectivity index is 1.22. The number of rotatable bonds is 7. The minimum absolute atomic E-state index is 0.0639. The Kier molecular flexibility index (Phi) is 8.20. The Bertz CT molecular complexity index is 1010. The third-order valence-electron chi connectivity index (χ3n) is 6.49. The molecule has 4 rings (SSSR count). The molecule has 1 N–H and O–H groups in total. The van der Waals surface area contributed by atoms with Gasteiger partial charge in [-0.1, -0.05) is 18.5 Å². The molecule has 0 unspecified atom stereocenters. The van der Waals surface area contributed by atoms with Crippen LogP contribution in [0.2, 0.25) is 5.02 Å². The molecule has 1 amide bonds. The molecule has 2 aliphatic rings. The van der Waals surface area contributed by atoms with Crippen molar-refractivity contribution >= 4 is 23.3 Å². The first-order valence-electron chi connectivity index (χ1n) is 12.0. The van der Waals surface area contributed by atoms with Gasteiger partial charge in [0, 0.05) is 38.3 Å². The summed E-state index contributed by atoms with van der Waals surface area (Å²) in [6.45, 7) is 7.26. The number of nitrogens with zero attached hydrogens (tertiary/aromatic N) is 5. The number of anilines is 1. The van der Waals surface area contributed by atoms with Gasteiger partial charge in [-0.3, -0.25) is 9.69 Å². The third-order valence-corrected chi connectivity index (χ3v) is 6.81. The summed E-state index contributed by atoms with van der Waals surface area (Å²) in [5.41, 5.74) is 0.782. The summed E-state index contributed by atoms with van der Waals surface area (Å²) < 4.78 is 6.03. The molecule has 2 fully saturated rings. The van der Waals surface area contributed by atoms with Gasteiger partial charge in [-0.25, -0.2) is 0 Å². The second-order valence-corrected chi connectivity index (χ2v) is 9.33. The second-order valence-electron chi connectivity index (χ2n) is 8.92. The van der Waals surface area contributed by atoms with Crippen LogP contribution in [0, 0.1) is 11.3 Å². The van der Waals surface area contributed by atoms with Gasteiger partial charge < -0.3 is 15.0 Å². The quantitative estimate of drug-likeness (QED) is 0.643. The molecule has 1 aliphatic heterocycles. The standard InChI is InChI=1S/C25H31ClN6O2/c1-2-11-31-12-14-32(15-13-31)24-10-9-23(29-30-24)25(33)28-19-4-7-20(8-5-19)34-21-6-3-18(17-27)22(26)16-21/h3,6,9-10,16,19-20H,2,4-5,7-8,11-15H2,1H3,(H,28,33). The number of hydrogen-bond donors (Lipinski definition) is 1. The van der Waals surface area contributed by atoms with E-state index in [4.69, 9.17) is 21.6 Å². The fraction of sp³-hybridized carbons (Fsp3) is 0.520. The van der Waals surface area contributed by atoms with Crippen molar-refractivity contribution in [2.24, 2.45) is 0 Å². The number of benzene rings is 1. The second kappa shape index (κ2) is 11.5. The SMILES string of the molecule is CCCN1CCN(c2ccc(C(=O)NC3CCC(Oc4ccc(C#N)c(Cl)c4)CC3)nn2)CC1. The number of ether oxygens (including phenoxy) is 1. The minimum atomic E-state index is -0.185. The molecular weight excluding hydrogens is 452 g/mol. The number of carbonyl (C=O) groups is 1. The van der Waals surface area contributed by atoms with Crippen molar-refractivity contribution < 1.29 is 9.53 Å². The number of piperazine rings is 1. The van der Waals surface area contributed by atoms with Crippen LogP contribution >= 0.6 is 11.6 Å². The lowest BCUT2D eigenvalue weighted by Gasteiger charge is -2.34. The number of halogens is 1. The van der Waals surface area contributed by atoms with Crippen LogP contribution in [0.15, 0.2) is 30.3 Å². The molecule has 1 saturated heterocycles.